The topological polar surface area (TPSA) is 68.7 Å². The van der Waals surface area contributed by atoms with Gasteiger partial charge >= 0.3 is 5.97 Å². The highest BCUT2D eigenvalue weighted by molar-refractivity contribution is 7.15. The van der Waals surface area contributed by atoms with E-state index in [2.05, 4.69) is 4.98 Å². The zero-order valence-electron chi connectivity index (χ0n) is 15.2. The minimum absolute atomic E-state index is 0.0780. The maximum absolute atomic E-state index is 13.2. The molecular formula is C19H21FN2O4S. The van der Waals surface area contributed by atoms with Crippen LogP contribution < -0.4 is 0 Å². The second kappa shape index (κ2) is 8.58. The zero-order chi connectivity index (χ0) is 19.4. The summed E-state index contributed by atoms with van der Waals surface area (Å²) >= 11 is 1.38. The van der Waals surface area contributed by atoms with E-state index in [1.54, 1.807) is 24.0 Å². The lowest BCUT2D eigenvalue weighted by atomic mass is 10.1. The molecule has 8 heteroatoms. The number of benzene rings is 1. The van der Waals surface area contributed by atoms with E-state index < -0.39 is 6.04 Å². The fourth-order valence-electron chi connectivity index (χ4n) is 3.01. The number of carbonyl (C=O) groups is 2. The van der Waals surface area contributed by atoms with Crippen molar-refractivity contribution >= 4 is 23.2 Å². The molecule has 1 aliphatic rings. The number of rotatable bonds is 5. The van der Waals surface area contributed by atoms with Gasteiger partial charge in [-0.05, 0) is 31.5 Å². The van der Waals surface area contributed by atoms with Gasteiger partial charge in [-0.3, -0.25) is 9.59 Å². The third-order valence-electron chi connectivity index (χ3n) is 4.24. The van der Waals surface area contributed by atoms with E-state index in [0.717, 1.165) is 10.6 Å². The molecule has 1 unspecified atom stereocenters. The van der Waals surface area contributed by atoms with Crippen LogP contribution in [0.2, 0.25) is 0 Å². The number of hydrogen-bond donors (Lipinski definition) is 0. The number of halogens is 1. The van der Waals surface area contributed by atoms with Gasteiger partial charge in [0.1, 0.15) is 11.5 Å². The number of aryl methyl sites for hydroxylation is 1. The van der Waals surface area contributed by atoms with Crippen LogP contribution in [0.5, 0.6) is 0 Å². The van der Waals surface area contributed by atoms with E-state index in [4.69, 9.17) is 9.47 Å². The molecule has 1 atom stereocenters. The first-order valence-electron chi connectivity index (χ1n) is 8.77. The first-order chi connectivity index (χ1) is 13.0. The van der Waals surface area contributed by atoms with Crippen molar-refractivity contribution in [1.82, 2.24) is 9.88 Å². The summed E-state index contributed by atoms with van der Waals surface area (Å²) < 4.78 is 23.7. The standard InChI is InChI=1S/C19H21FN2O4S/c1-3-26-16(23)10-15-11-25-9-8-22(15)19(24)17-18(27-12(2)21-17)13-4-6-14(20)7-5-13/h4-7,15H,3,8-11H2,1-2H3. The van der Waals surface area contributed by atoms with Crippen LogP contribution in [0.4, 0.5) is 4.39 Å². The van der Waals surface area contributed by atoms with Crippen LogP contribution >= 0.6 is 11.3 Å². The third-order valence-corrected chi connectivity index (χ3v) is 5.26. The quantitative estimate of drug-likeness (QED) is 0.732. The maximum Gasteiger partial charge on any atom is 0.307 e. The van der Waals surface area contributed by atoms with Crippen molar-refractivity contribution in [2.75, 3.05) is 26.4 Å². The first-order valence-corrected chi connectivity index (χ1v) is 9.59. The minimum atomic E-state index is -0.395. The molecule has 0 saturated carbocycles. The normalized spacial score (nSPS) is 17.0. The van der Waals surface area contributed by atoms with Gasteiger partial charge in [-0.1, -0.05) is 12.1 Å². The smallest absolute Gasteiger partial charge is 0.307 e. The highest BCUT2D eigenvalue weighted by Crippen LogP contribution is 2.32. The van der Waals surface area contributed by atoms with Gasteiger partial charge in [-0.15, -0.1) is 11.3 Å². The minimum Gasteiger partial charge on any atom is -0.466 e. The molecule has 2 heterocycles. The zero-order valence-corrected chi connectivity index (χ0v) is 16.1. The van der Waals surface area contributed by atoms with Gasteiger partial charge in [0.15, 0.2) is 0 Å². The molecule has 27 heavy (non-hydrogen) atoms. The number of hydrogen-bond acceptors (Lipinski definition) is 6. The Kier molecular flexibility index (Phi) is 6.18. The Morgan fingerprint density at radius 3 is 2.81 bits per heavy atom. The number of carbonyl (C=O) groups excluding carboxylic acids is 2. The largest absolute Gasteiger partial charge is 0.466 e. The Morgan fingerprint density at radius 2 is 2.11 bits per heavy atom. The summed E-state index contributed by atoms with van der Waals surface area (Å²) in [7, 11) is 0. The monoisotopic (exact) mass is 392 g/mol. The Morgan fingerprint density at radius 1 is 1.37 bits per heavy atom. The molecule has 2 aromatic rings. The molecule has 0 spiro atoms. The molecule has 0 aliphatic carbocycles. The molecule has 1 aliphatic heterocycles. The van der Waals surface area contributed by atoms with Crippen LogP contribution in [0.15, 0.2) is 24.3 Å². The number of thiazole rings is 1. The van der Waals surface area contributed by atoms with Crippen LogP contribution in [0, 0.1) is 12.7 Å². The predicted molar refractivity (Wildman–Crippen MR) is 99.1 cm³/mol. The number of ether oxygens (including phenoxy) is 2. The fraction of sp³-hybridized carbons (Fsp3) is 0.421. The highest BCUT2D eigenvalue weighted by atomic mass is 32.1. The lowest BCUT2D eigenvalue weighted by Gasteiger charge is -2.34. The Balaban J connectivity index is 1.87. The van der Waals surface area contributed by atoms with E-state index >= 15 is 0 Å². The number of nitrogens with zero attached hydrogens (tertiary/aromatic N) is 2. The second-order valence-corrected chi connectivity index (χ2v) is 7.36. The lowest BCUT2D eigenvalue weighted by Crippen LogP contribution is -2.49. The van der Waals surface area contributed by atoms with Crippen molar-refractivity contribution in [3.05, 3.63) is 40.8 Å². The van der Waals surface area contributed by atoms with Crippen LogP contribution in [0.1, 0.15) is 28.8 Å². The summed E-state index contributed by atoms with van der Waals surface area (Å²) in [6.07, 6.45) is 0.0780. The Hall–Kier alpha value is -2.32. The predicted octanol–water partition coefficient (Wildman–Crippen LogP) is 3.05. The Labute approximate surface area is 160 Å². The van der Waals surface area contributed by atoms with Gasteiger partial charge < -0.3 is 14.4 Å². The summed E-state index contributed by atoms with van der Waals surface area (Å²) in [5, 5.41) is 0.743. The number of morpholine rings is 1. The van der Waals surface area contributed by atoms with E-state index in [1.807, 2.05) is 6.92 Å². The van der Waals surface area contributed by atoms with E-state index in [0.29, 0.717) is 30.3 Å². The van der Waals surface area contributed by atoms with Crippen LogP contribution in [-0.2, 0) is 14.3 Å². The van der Waals surface area contributed by atoms with Crippen molar-refractivity contribution in [3.63, 3.8) is 0 Å². The van der Waals surface area contributed by atoms with E-state index in [9.17, 15) is 14.0 Å². The average Bonchev–Trinajstić information content (AvgIpc) is 3.04. The van der Waals surface area contributed by atoms with Crippen LogP contribution in [-0.4, -0.2) is 54.2 Å². The molecule has 1 aromatic carbocycles. The number of esters is 1. The number of amides is 1. The highest BCUT2D eigenvalue weighted by Gasteiger charge is 2.33. The first kappa shape index (κ1) is 19.4. The van der Waals surface area contributed by atoms with Crippen molar-refractivity contribution in [3.8, 4) is 10.4 Å². The van der Waals surface area contributed by atoms with Gasteiger partial charge in [0.25, 0.3) is 5.91 Å². The molecule has 3 rings (SSSR count). The van der Waals surface area contributed by atoms with Gasteiger partial charge in [0.2, 0.25) is 0 Å². The second-order valence-electron chi connectivity index (χ2n) is 6.15. The van der Waals surface area contributed by atoms with Crippen molar-refractivity contribution < 1.29 is 23.5 Å². The fourth-order valence-corrected chi connectivity index (χ4v) is 3.92. The van der Waals surface area contributed by atoms with Crippen molar-refractivity contribution in [2.24, 2.45) is 0 Å². The molecule has 0 N–H and O–H groups in total. The molecule has 0 bridgehead atoms. The van der Waals surface area contributed by atoms with E-state index in [-0.39, 0.29) is 30.7 Å². The van der Waals surface area contributed by atoms with Gasteiger partial charge in [0, 0.05) is 6.54 Å². The van der Waals surface area contributed by atoms with Crippen LogP contribution in [0.25, 0.3) is 10.4 Å². The Bertz CT molecular complexity index is 822. The third kappa shape index (κ3) is 4.51. The molecule has 1 saturated heterocycles. The SMILES string of the molecule is CCOC(=O)CC1COCCN1C(=O)c1nc(C)sc1-c1ccc(F)cc1. The summed E-state index contributed by atoms with van der Waals surface area (Å²) in [5.41, 5.74) is 1.06. The van der Waals surface area contributed by atoms with Crippen molar-refractivity contribution in [2.45, 2.75) is 26.3 Å². The summed E-state index contributed by atoms with van der Waals surface area (Å²) in [5.74, 6) is -0.953. The van der Waals surface area contributed by atoms with Gasteiger partial charge in [0.05, 0.1) is 42.2 Å². The lowest BCUT2D eigenvalue weighted by molar-refractivity contribution is -0.145. The van der Waals surface area contributed by atoms with Gasteiger partial charge in [-0.2, -0.15) is 0 Å². The van der Waals surface area contributed by atoms with Crippen LogP contribution in [0.3, 0.4) is 0 Å². The van der Waals surface area contributed by atoms with E-state index in [1.165, 1.54) is 23.5 Å². The molecule has 1 fully saturated rings. The van der Waals surface area contributed by atoms with Crippen molar-refractivity contribution in [1.29, 1.82) is 0 Å². The molecular weight excluding hydrogens is 371 g/mol. The summed E-state index contributed by atoms with van der Waals surface area (Å²) in [6, 6.07) is 5.59. The van der Waals surface area contributed by atoms with Gasteiger partial charge in [-0.25, -0.2) is 9.37 Å². The summed E-state index contributed by atoms with van der Waals surface area (Å²) in [4.78, 5) is 31.8. The number of aromatic nitrogens is 1. The molecule has 0 radical (unpaired) electrons. The molecule has 6 nitrogen and oxygen atoms in total. The maximum atomic E-state index is 13.2. The molecule has 1 amide bonds. The molecule has 144 valence electrons. The summed E-state index contributed by atoms with van der Waals surface area (Å²) in [6.45, 7) is 4.91. The average molecular weight is 392 g/mol. The molecule has 1 aromatic heterocycles.